The predicted molar refractivity (Wildman–Crippen MR) is 109 cm³/mol. The van der Waals surface area contributed by atoms with Gasteiger partial charge < -0.3 is 4.74 Å². The molecule has 0 atom stereocenters. The number of nitrogens with zero attached hydrogens (tertiary/aromatic N) is 3. The van der Waals surface area contributed by atoms with Crippen LogP contribution in [0.25, 0.3) is 11.0 Å². The Labute approximate surface area is 163 Å². The lowest BCUT2D eigenvalue weighted by Crippen LogP contribution is -2.27. The molecule has 2 aromatic carbocycles. The number of aromatic nitrogens is 2. The number of benzene rings is 2. The molecule has 1 amide bonds. The Morgan fingerprint density at radius 2 is 1.79 bits per heavy atom. The van der Waals surface area contributed by atoms with Gasteiger partial charge in [-0.1, -0.05) is 44.2 Å². The minimum atomic E-state index is -0.586. The van der Waals surface area contributed by atoms with Gasteiger partial charge in [-0.3, -0.25) is 19.6 Å². The van der Waals surface area contributed by atoms with Crippen molar-refractivity contribution in [3.05, 3.63) is 59.7 Å². The van der Waals surface area contributed by atoms with E-state index in [4.69, 9.17) is 4.74 Å². The van der Waals surface area contributed by atoms with Crippen LogP contribution < -0.4 is 5.32 Å². The molecule has 0 saturated carbocycles. The molecule has 0 unspecified atom stereocenters. The highest BCUT2D eigenvalue weighted by Crippen LogP contribution is 2.23. The number of ketones is 1. The first-order valence-corrected chi connectivity index (χ1v) is 9.24. The number of ether oxygens (including phenoxy) is 1. The molecule has 1 aromatic heterocycles. The molecule has 1 N–H and O–H groups in total. The second-order valence-corrected chi connectivity index (χ2v) is 6.32. The number of methoxy groups -OCH3 is 1. The largest absolute Gasteiger partial charge is 0.453 e. The van der Waals surface area contributed by atoms with Crippen LogP contribution in [0, 0.1) is 0 Å². The lowest BCUT2D eigenvalue weighted by atomic mass is 10.0. The summed E-state index contributed by atoms with van der Waals surface area (Å²) in [6.45, 7) is 6.44. The number of rotatable bonds is 7. The zero-order valence-corrected chi connectivity index (χ0v) is 16.3. The first-order chi connectivity index (χ1) is 13.6. The third-order valence-corrected chi connectivity index (χ3v) is 4.68. The van der Waals surface area contributed by atoms with E-state index < -0.39 is 6.09 Å². The number of nitrogens with one attached hydrogen (secondary N) is 1. The maximum Gasteiger partial charge on any atom is 0.413 e. The van der Waals surface area contributed by atoms with Crippen molar-refractivity contribution >= 4 is 28.9 Å². The van der Waals surface area contributed by atoms with Crippen LogP contribution in [0.1, 0.15) is 29.8 Å². The molecule has 146 valence electrons. The Hall–Kier alpha value is -3.19. The van der Waals surface area contributed by atoms with Crippen molar-refractivity contribution < 1.29 is 14.3 Å². The van der Waals surface area contributed by atoms with E-state index in [2.05, 4.69) is 29.0 Å². The molecule has 0 spiro atoms. The number of fused-ring (bicyclic) bond motifs is 1. The summed E-state index contributed by atoms with van der Waals surface area (Å²) in [4.78, 5) is 31.2. The van der Waals surface area contributed by atoms with Gasteiger partial charge in [0.25, 0.3) is 0 Å². The summed E-state index contributed by atoms with van der Waals surface area (Å²) >= 11 is 0. The summed E-state index contributed by atoms with van der Waals surface area (Å²) in [5.74, 6) is 0.321. The average molecular weight is 380 g/mol. The van der Waals surface area contributed by atoms with Crippen LogP contribution in [-0.2, 0) is 11.4 Å². The Balaban J connectivity index is 2.03. The predicted octanol–water partition coefficient (Wildman–Crippen LogP) is 3.74. The van der Waals surface area contributed by atoms with Crippen LogP contribution in [0.4, 0.5) is 10.7 Å². The molecule has 28 heavy (non-hydrogen) atoms. The van der Waals surface area contributed by atoms with Crippen LogP contribution in [0.3, 0.4) is 0 Å². The van der Waals surface area contributed by atoms with Crippen molar-refractivity contribution in [3.8, 4) is 0 Å². The number of carbonyl (C=O) groups excluding carboxylic acids is 2. The van der Waals surface area contributed by atoms with Crippen molar-refractivity contribution in [3.63, 3.8) is 0 Å². The van der Waals surface area contributed by atoms with Crippen LogP contribution in [-0.4, -0.2) is 46.5 Å². The molecule has 7 nitrogen and oxygen atoms in total. The molecular formula is C21H24N4O3. The molecule has 0 saturated heterocycles. The van der Waals surface area contributed by atoms with E-state index in [0.717, 1.165) is 18.6 Å². The van der Waals surface area contributed by atoms with Gasteiger partial charge in [0.1, 0.15) is 0 Å². The van der Waals surface area contributed by atoms with Crippen LogP contribution in [0.15, 0.2) is 48.5 Å². The Morgan fingerprint density at radius 3 is 2.43 bits per heavy atom. The van der Waals surface area contributed by atoms with Gasteiger partial charge >= 0.3 is 6.09 Å². The SMILES string of the molecule is CCN(CC)Cn1c(NC(=O)OC)nc2cc(C(=O)c3ccccc3)ccc21. The van der Waals surface area contributed by atoms with Crippen LogP contribution in [0.2, 0.25) is 0 Å². The zero-order valence-electron chi connectivity index (χ0n) is 16.3. The van der Waals surface area contributed by atoms with E-state index in [1.165, 1.54) is 7.11 Å². The Bertz CT molecular complexity index is 978. The molecule has 0 aliphatic heterocycles. The maximum absolute atomic E-state index is 12.7. The number of imidazole rings is 1. The summed E-state index contributed by atoms with van der Waals surface area (Å²) in [6.07, 6.45) is -0.586. The van der Waals surface area contributed by atoms with Crippen molar-refractivity contribution in [1.82, 2.24) is 14.5 Å². The smallest absolute Gasteiger partial charge is 0.413 e. The highest BCUT2D eigenvalue weighted by atomic mass is 16.5. The lowest BCUT2D eigenvalue weighted by molar-refractivity contribution is 0.103. The molecule has 3 rings (SSSR count). The number of hydrogen-bond donors (Lipinski definition) is 1. The van der Waals surface area contributed by atoms with Gasteiger partial charge in [-0.2, -0.15) is 0 Å². The van der Waals surface area contributed by atoms with E-state index in [1.807, 2.05) is 28.8 Å². The lowest BCUT2D eigenvalue weighted by Gasteiger charge is -2.20. The fraction of sp³-hybridized carbons (Fsp3) is 0.286. The van der Waals surface area contributed by atoms with Crippen molar-refractivity contribution in [2.75, 3.05) is 25.5 Å². The van der Waals surface area contributed by atoms with Crippen molar-refractivity contribution in [2.24, 2.45) is 0 Å². The summed E-state index contributed by atoms with van der Waals surface area (Å²) < 4.78 is 6.62. The highest BCUT2D eigenvalue weighted by molar-refractivity contribution is 6.10. The summed E-state index contributed by atoms with van der Waals surface area (Å²) in [6, 6.07) is 14.5. The van der Waals surface area contributed by atoms with E-state index in [0.29, 0.717) is 29.3 Å². The molecule has 0 aliphatic rings. The minimum Gasteiger partial charge on any atom is -0.453 e. The number of hydrogen-bond acceptors (Lipinski definition) is 5. The monoisotopic (exact) mass is 380 g/mol. The Kier molecular flexibility index (Phi) is 6.06. The molecular weight excluding hydrogens is 356 g/mol. The second-order valence-electron chi connectivity index (χ2n) is 6.32. The molecule has 7 heteroatoms. The van der Waals surface area contributed by atoms with Gasteiger partial charge in [-0.05, 0) is 31.3 Å². The molecule has 0 bridgehead atoms. The van der Waals surface area contributed by atoms with Gasteiger partial charge in [0.05, 0.1) is 24.8 Å². The highest BCUT2D eigenvalue weighted by Gasteiger charge is 2.17. The van der Waals surface area contributed by atoms with Gasteiger partial charge in [0, 0.05) is 11.1 Å². The standard InChI is InChI=1S/C21H24N4O3/c1-4-24(5-2)14-25-18-12-11-16(19(26)15-9-7-6-8-10-15)13-17(18)22-20(25)23-21(27)28-3/h6-13H,4-5,14H2,1-3H3,(H,22,23,27). The van der Waals surface area contributed by atoms with Crippen molar-refractivity contribution in [1.29, 1.82) is 0 Å². The summed E-state index contributed by atoms with van der Waals surface area (Å²) in [5, 5.41) is 2.66. The zero-order chi connectivity index (χ0) is 20.1. The fourth-order valence-corrected chi connectivity index (χ4v) is 3.03. The molecule has 0 fully saturated rings. The minimum absolute atomic E-state index is 0.0664. The van der Waals surface area contributed by atoms with E-state index in [1.54, 1.807) is 24.3 Å². The van der Waals surface area contributed by atoms with E-state index in [9.17, 15) is 9.59 Å². The quantitative estimate of drug-likeness (QED) is 0.632. The van der Waals surface area contributed by atoms with Gasteiger partial charge in [0.2, 0.25) is 5.95 Å². The molecule has 1 heterocycles. The first-order valence-electron chi connectivity index (χ1n) is 9.24. The summed E-state index contributed by atoms with van der Waals surface area (Å²) in [7, 11) is 1.31. The first kappa shape index (κ1) is 19.6. The fourth-order valence-electron chi connectivity index (χ4n) is 3.03. The summed E-state index contributed by atoms with van der Waals surface area (Å²) in [5.41, 5.74) is 2.65. The average Bonchev–Trinajstić information content (AvgIpc) is 3.07. The number of carbonyl (C=O) groups is 2. The maximum atomic E-state index is 12.7. The molecule has 0 radical (unpaired) electrons. The van der Waals surface area contributed by atoms with Crippen LogP contribution >= 0.6 is 0 Å². The Morgan fingerprint density at radius 1 is 1.07 bits per heavy atom. The van der Waals surface area contributed by atoms with Gasteiger partial charge in [-0.25, -0.2) is 9.78 Å². The van der Waals surface area contributed by atoms with E-state index in [-0.39, 0.29) is 5.78 Å². The third-order valence-electron chi connectivity index (χ3n) is 4.68. The second kappa shape index (κ2) is 8.67. The topological polar surface area (TPSA) is 76.5 Å². The number of anilines is 1. The molecule has 0 aliphatic carbocycles. The normalized spacial score (nSPS) is 11.0. The molecule has 3 aromatic rings. The van der Waals surface area contributed by atoms with Crippen molar-refractivity contribution in [2.45, 2.75) is 20.5 Å². The van der Waals surface area contributed by atoms with E-state index >= 15 is 0 Å². The third kappa shape index (κ3) is 4.04. The number of amides is 1. The van der Waals surface area contributed by atoms with Gasteiger partial charge in [0.15, 0.2) is 5.78 Å². The van der Waals surface area contributed by atoms with Gasteiger partial charge in [-0.15, -0.1) is 0 Å². The van der Waals surface area contributed by atoms with Crippen LogP contribution in [0.5, 0.6) is 0 Å².